The number of hydrogen-bond acceptors (Lipinski definition) is 7. The molecule has 8 heteroatoms. The smallest absolute Gasteiger partial charge is 0.348 e. The number of methoxy groups -OCH3 is 2. The second-order valence-electron chi connectivity index (χ2n) is 9.84. The summed E-state index contributed by atoms with van der Waals surface area (Å²) in [5, 5.41) is 10.6. The third-order valence-electron chi connectivity index (χ3n) is 6.90. The highest BCUT2D eigenvalue weighted by atomic mass is 16.6. The molecule has 2 unspecified atom stereocenters. The maximum absolute atomic E-state index is 13.0. The van der Waals surface area contributed by atoms with Crippen LogP contribution in [0.5, 0.6) is 17.5 Å². The lowest BCUT2D eigenvalue weighted by Gasteiger charge is -2.38. The van der Waals surface area contributed by atoms with Gasteiger partial charge in [0.1, 0.15) is 5.60 Å². The highest BCUT2D eigenvalue weighted by Gasteiger charge is 2.48. The summed E-state index contributed by atoms with van der Waals surface area (Å²) in [6.07, 6.45) is 0.302. The van der Waals surface area contributed by atoms with Gasteiger partial charge in [0.15, 0.2) is 11.5 Å². The summed E-state index contributed by atoms with van der Waals surface area (Å²) in [5.74, 6) is -0.0339. The molecule has 0 aliphatic rings. The van der Waals surface area contributed by atoms with Gasteiger partial charge < -0.3 is 24.1 Å². The molecule has 8 nitrogen and oxygen atoms in total. The lowest BCUT2D eigenvalue weighted by molar-refractivity contribution is -0.176. The van der Waals surface area contributed by atoms with Crippen molar-refractivity contribution in [2.24, 2.45) is 0 Å². The summed E-state index contributed by atoms with van der Waals surface area (Å²) in [6.45, 7) is 3.73. The van der Waals surface area contributed by atoms with Gasteiger partial charge in [-0.15, -0.1) is 0 Å². The number of rotatable bonds is 14. The molecule has 0 saturated carbocycles. The Balaban J connectivity index is 1.77. The minimum Gasteiger partial charge on any atom is -0.493 e. The molecule has 0 saturated heterocycles. The third kappa shape index (κ3) is 7.41. The maximum Gasteiger partial charge on any atom is 0.348 e. The van der Waals surface area contributed by atoms with Gasteiger partial charge in [0.25, 0.3) is 0 Å². The average molecular weight is 557 g/mol. The summed E-state index contributed by atoms with van der Waals surface area (Å²) in [4.78, 5) is 21.8. The number of benzene rings is 3. The highest BCUT2D eigenvalue weighted by molar-refractivity contribution is 5.75. The molecule has 214 valence electrons. The monoisotopic (exact) mass is 556 g/mol. The van der Waals surface area contributed by atoms with Crippen LogP contribution >= 0.6 is 0 Å². The topological polar surface area (TPSA) is 100 Å². The highest BCUT2D eigenvalue weighted by Crippen LogP contribution is 2.39. The number of hydrogen-bond donors (Lipinski definition) is 1. The number of carbonyl (C=O) groups is 1. The van der Waals surface area contributed by atoms with Gasteiger partial charge in [-0.25, -0.2) is 14.8 Å². The van der Waals surface area contributed by atoms with E-state index in [1.807, 2.05) is 74.5 Å². The minimum absolute atomic E-state index is 0.00650. The van der Waals surface area contributed by atoms with Gasteiger partial charge >= 0.3 is 12.0 Å². The van der Waals surface area contributed by atoms with E-state index in [1.165, 1.54) is 0 Å². The third-order valence-corrected chi connectivity index (χ3v) is 6.90. The Morgan fingerprint density at radius 1 is 0.829 bits per heavy atom. The van der Waals surface area contributed by atoms with Crippen LogP contribution in [0.1, 0.15) is 40.9 Å². The molecule has 0 amide bonds. The molecule has 4 aromatic rings. The van der Waals surface area contributed by atoms with Gasteiger partial charge in [-0.05, 0) is 68.0 Å². The van der Waals surface area contributed by atoms with Crippen LogP contribution in [-0.4, -0.2) is 41.4 Å². The molecule has 41 heavy (non-hydrogen) atoms. The Labute approximate surface area is 240 Å². The molecule has 4 rings (SSSR count). The van der Waals surface area contributed by atoms with E-state index in [0.29, 0.717) is 41.3 Å². The Kier molecular flexibility index (Phi) is 9.92. The molecule has 0 aliphatic carbocycles. The normalized spacial score (nSPS) is 13.2. The van der Waals surface area contributed by atoms with Crippen molar-refractivity contribution in [2.45, 2.75) is 51.4 Å². The predicted molar refractivity (Wildman–Crippen MR) is 155 cm³/mol. The summed E-state index contributed by atoms with van der Waals surface area (Å²) >= 11 is 0. The molecule has 0 spiro atoms. The van der Waals surface area contributed by atoms with Gasteiger partial charge in [-0.2, -0.15) is 0 Å². The van der Waals surface area contributed by atoms with E-state index in [4.69, 9.17) is 18.9 Å². The van der Waals surface area contributed by atoms with Crippen molar-refractivity contribution >= 4 is 5.97 Å². The number of ether oxygens (including phenoxy) is 4. The van der Waals surface area contributed by atoms with Gasteiger partial charge in [0.05, 0.1) is 20.8 Å². The molecule has 0 bridgehead atoms. The number of carboxylic acids is 1. The zero-order valence-corrected chi connectivity index (χ0v) is 23.9. The first kappa shape index (κ1) is 29.6. The molecule has 1 heterocycles. The molecule has 0 aliphatic heterocycles. The lowest BCUT2D eigenvalue weighted by atomic mass is 9.82. The van der Waals surface area contributed by atoms with E-state index in [0.717, 1.165) is 17.5 Å². The predicted octanol–water partition coefficient (Wildman–Crippen LogP) is 6.08. The number of nitrogens with zero attached hydrogens (tertiary/aromatic N) is 2. The summed E-state index contributed by atoms with van der Waals surface area (Å²) in [5.41, 5.74) is 2.60. The summed E-state index contributed by atoms with van der Waals surface area (Å²) < 4.78 is 23.7. The first-order valence-electron chi connectivity index (χ1n) is 13.5. The van der Waals surface area contributed by atoms with Crippen LogP contribution in [0.25, 0.3) is 0 Å². The molecular formula is C33H36N2O6. The van der Waals surface area contributed by atoms with Crippen LogP contribution in [0.4, 0.5) is 0 Å². The fourth-order valence-electron chi connectivity index (χ4n) is 4.96. The largest absolute Gasteiger partial charge is 0.493 e. The van der Waals surface area contributed by atoms with Crippen LogP contribution in [0.2, 0.25) is 0 Å². The zero-order chi connectivity index (χ0) is 29.2. The van der Waals surface area contributed by atoms with E-state index in [2.05, 4.69) is 22.1 Å². The molecular weight excluding hydrogens is 520 g/mol. The number of carboxylic acid groups (broad SMARTS) is 1. The Hall–Kier alpha value is -4.43. The number of aliphatic carboxylic acids is 1. The second kappa shape index (κ2) is 13.8. The maximum atomic E-state index is 13.0. The van der Waals surface area contributed by atoms with Crippen molar-refractivity contribution in [1.82, 2.24) is 9.97 Å². The van der Waals surface area contributed by atoms with E-state index < -0.39 is 17.7 Å². The van der Waals surface area contributed by atoms with Gasteiger partial charge in [0, 0.05) is 11.4 Å². The van der Waals surface area contributed by atoms with Gasteiger partial charge in [0.2, 0.25) is 6.10 Å². The Bertz CT molecular complexity index is 1410. The fraction of sp³-hybridized carbons (Fsp3) is 0.303. The van der Waals surface area contributed by atoms with Crippen molar-refractivity contribution < 1.29 is 28.8 Å². The number of aromatic nitrogens is 2. The standard InChI is InChI=1S/C33H36N2O6/c1-23-20-24(2)35-32(34-23)41-30(31(36)37)33(27-15-9-6-10-16-27,19-11-14-25-12-7-5-8-13-25)40-22-26-17-18-28(38-3)29(21-26)39-4/h5-10,12-13,15-18,20-21,30H,11,14,19,22H2,1-4H3,(H,36,37). The SMILES string of the molecule is COc1ccc(COC(CCCc2ccccc2)(c2ccccc2)C(Oc2nc(C)cc(C)n2)C(=O)O)cc1OC. The Morgan fingerprint density at radius 3 is 2.07 bits per heavy atom. The van der Waals surface area contributed by atoms with E-state index >= 15 is 0 Å². The van der Waals surface area contributed by atoms with Crippen LogP contribution in [0.15, 0.2) is 84.9 Å². The first-order chi connectivity index (χ1) is 19.8. The molecule has 0 radical (unpaired) electrons. The van der Waals surface area contributed by atoms with E-state index in [1.54, 1.807) is 26.4 Å². The van der Waals surface area contributed by atoms with Crippen LogP contribution in [0.3, 0.4) is 0 Å². The lowest BCUT2D eigenvalue weighted by Crippen LogP contribution is -2.50. The average Bonchev–Trinajstić information content (AvgIpc) is 2.98. The molecule has 1 aromatic heterocycles. The zero-order valence-electron chi connectivity index (χ0n) is 23.9. The van der Waals surface area contributed by atoms with Gasteiger partial charge in [-0.1, -0.05) is 66.7 Å². The first-order valence-corrected chi connectivity index (χ1v) is 13.5. The minimum atomic E-state index is -1.44. The molecule has 0 fully saturated rings. The van der Waals surface area contributed by atoms with Crippen molar-refractivity contribution in [1.29, 1.82) is 0 Å². The summed E-state index contributed by atoms with van der Waals surface area (Å²) in [6, 6.07) is 26.7. The van der Waals surface area contributed by atoms with Crippen molar-refractivity contribution in [3.8, 4) is 17.5 Å². The van der Waals surface area contributed by atoms with Crippen LogP contribution in [-0.2, 0) is 28.2 Å². The van der Waals surface area contributed by atoms with E-state index in [9.17, 15) is 9.90 Å². The summed E-state index contributed by atoms with van der Waals surface area (Å²) in [7, 11) is 3.14. The van der Waals surface area contributed by atoms with E-state index in [-0.39, 0.29) is 12.6 Å². The van der Waals surface area contributed by atoms with Crippen molar-refractivity contribution in [3.05, 3.63) is 113 Å². The van der Waals surface area contributed by atoms with Crippen molar-refractivity contribution in [3.63, 3.8) is 0 Å². The quantitative estimate of drug-likeness (QED) is 0.200. The van der Waals surface area contributed by atoms with Gasteiger partial charge in [-0.3, -0.25) is 0 Å². The van der Waals surface area contributed by atoms with Crippen LogP contribution in [0, 0.1) is 13.8 Å². The Morgan fingerprint density at radius 2 is 1.46 bits per heavy atom. The van der Waals surface area contributed by atoms with Crippen LogP contribution < -0.4 is 14.2 Å². The number of aryl methyl sites for hydroxylation is 3. The molecule has 3 aromatic carbocycles. The van der Waals surface area contributed by atoms with Crippen molar-refractivity contribution in [2.75, 3.05) is 14.2 Å². The second-order valence-corrected chi connectivity index (χ2v) is 9.84. The molecule has 2 atom stereocenters. The fourth-order valence-corrected chi connectivity index (χ4v) is 4.96. The molecule has 1 N–H and O–H groups in total.